The number of ether oxygens (including phenoxy) is 3. The Balaban J connectivity index is 2.08. The lowest BCUT2D eigenvalue weighted by Crippen LogP contribution is -2.27. The summed E-state index contributed by atoms with van der Waals surface area (Å²) in [5.41, 5.74) is -0.112. The van der Waals surface area contributed by atoms with Crippen molar-refractivity contribution in [1.82, 2.24) is 0 Å². The molecule has 0 amide bonds. The second kappa shape index (κ2) is 4.94. The Morgan fingerprint density at radius 3 is 2.54 bits per heavy atom. The second-order valence-electron chi connectivity index (χ2n) is 3.88. The predicted molar refractivity (Wildman–Crippen MR) is 50.9 cm³/mol. The topological polar surface area (TPSA) is 31.0 Å². The first-order valence-electron chi connectivity index (χ1n) is 5.02. The summed E-state index contributed by atoms with van der Waals surface area (Å²) in [6.07, 6.45) is 1.33. The van der Waals surface area contributed by atoms with Crippen molar-refractivity contribution in [3.8, 4) is 0 Å². The lowest BCUT2D eigenvalue weighted by molar-refractivity contribution is -0.00263. The molecule has 1 aliphatic heterocycles. The molecule has 0 spiro atoms. The maximum atomic E-state index is 5.49. The molecule has 1 saturated heterocycles. The fourth-order valence-electron chi connectivity index (χ4n) is 1.03. The third-order valence-electron chi connectivity index (χ3n) is 1.95. The molecule has 0 radical (unpaired) electrons. The Morgan fingerprint density at radius 1 is 1.38 bits per heavy atom. The lowest BCUT2D eigenvalue weighted by atomic mass is 10.2. The summed E-state index contributed by atoms with van der Waals surface area (Å²) < 4.78 is 16.3. The van der Waals surface area contributed by atoms with Gasteiger partial charge in [-0.2, -0.15) is 0 Å². The van der Waals surface area contributed by atoms with Crippen molar-refractivity contribution in [2.45, 2.75) is 38.9 Å². The van der Waals surface area contributed by atoms with Crippen LogP contribution >= 0.6 is 0 Å². The van der Waals surface area contributed by atoms with Gasteiger partial charge < -0.3 is 14.2 Å². The van der Waals surface area contributed by atoms with Gasteiger partial charge in [-0.3, -0.25) is 0 Å². The molecule has 1 unspecified atom stereocenters. The maximum Gasteiger partial charge on any atom is 0.138 e. The summed E-state index contributed by atoms with van der Waals surface area (Å²) in [5.74, 6) is 0. The highest BCUT2D eigenvalue weighted by molar-refractivity contribution is 4.92. The highest BCUT2D eigenvalue weighted by atomic mass is 16.6. The van der Waals surface area contributed by atoms with E-state index >= 15 is 0 Å². The Hall–Kier alpha value is -0.120. The van der Waals surface area contributed by atoms with Gasteiger partial charge in [0.25, 0.3) is 0 Å². The molecule has 0 aromatic heterocycles. The molecule has 0 aromatic rings. The van der Waals surface area contributed by atoms with E-state index in [1.807, 2.05) is 13.8 Å². The Labute approximate surface area is 80.4 Å². The van der Waals surface area contributed by atoms with E-state index in [0.29, 0.717) is 13.2 Å². The van der Waals surface area contributed by atoms with Gasteiger partial charge in [-0.25, -0.2) is 0 Å². The van der Waals surface area contributed by atoms with E-state index in [9.17, 15) is 0 Å². The zero-order valence-corrected chi connectivity index (χ0v) is 8.84. The average molecular weight is 188 g/mol. The van der Waals surface area contributed by atoms with Gasteiger partial charge in [-0.15, -0.1) is 0 Å². The van der Waals surface area contributed by atoms with E-state index in [1.54, 1.807) is 0 Å². The fourth-order valence-corrected chi connectivity index (χ4v) is 1.03. The van der Waals surface area contributed by atoms with E-state index in [1.165, 1.54) is 0 Å². The molecule has 1 heterocycles. The number of rotatable bonds is 7. The molecule has 0 saturated carbocycles. The number of hydrogen-bond acceptors (Lipinski definition) is 3. The maximum absolute atomic E-state index is 5.49. The number of hydrogen-bond donors (Lipinski definition) is 0. The summed E-state index contributed by atoms with van der Waals surface area (Å²) in [4.78, 5) is 0. The zero-order valence-electron chi connectivity index (χ0n) is 8.84. The Kier molecular flexibility index (Phi) is 4.16. The molecule has 3 heteroatoms. The molecule has 0 aromatic carbocycles. The minimum atomic E-state index is -0.112. The van der Waals surface area contributed by atoms with E-state index in [2.05, 4.69) is 6.92 Å². The molecule has 0 aliphatic carbocycles. The van der Waals surface area contributed by atoms with E-state index in [-0.39, 0.29) is 11.7 Å². The van der Waals surface area contributed by atoms with E-state index < -0.39 is 0 Å². The normalized spacial score (nSPS) is 26.8. The van der Waals surface area contributed by atoms with Crippen LogP contribution in [0.25, 0.3) is 0 Å². The molecule has 3 nitrogen and oxygen atoms in total. The average Bonchev–Trinajstić information content (AvgIpc) is 2.83. The van der Waals surface area contributed by atoms with Crippen LogP contribution < -0.4 is 0 Å². The minimum absolute atomic E-state index is 0.112. The van der Waals surface area contributed by atoms with Crippen LogP contribution in [0.5, 0.6) is 0 Å². The zero-order chi connectivity index (χ0) is 9.73. The fraction of sp³-hybridized carbons (Fsp3) is 1.00. The summed E-state index contributed by atoms with van der Waals surface area (Å²) in [5, 5.41) is 0. The SMILES string of the molecule is CCCOCC1(COC(C)C)CO1. The van der Waals surface area contributed by atoms with Crippen molar-refractivity contribution in [3.05, 3.63) is 0 Å². The van der Waals surface area contributed by atoms with Crippen LogP contribution in [0.3, 0.4) is 0 Å². The van der Waals surface area contributed by atoms with Crippen LogP contribution in [0.2, 0.25) is 0 Å². The molecule has 0 bridgehead atoms. The first-order chi connectivity index (χ1) is 6.18. The molecular formula is C10H20O3. The van der Waals surface area contributed by atoms with Crippen LogP contribution in [-0.2, 0) is 14.2 Å². The van der Waals surface area contributed by atoms with Crippen LogP contribution in [0.1, 0.15) is 27.2 Å². The van der Waals surface area contributed by atoms with Crippen molar-refractivity contribution >= 4 is 0 Å². The summed E-state index contributed by atoms with van der Waals surface area (Å²) in [6.45, 7) is 9.09. The van der Waals surface area contributed by atoms with Crippen LogP contribution in [-0.4, -0.2) is 38.1 Å². The van der Waals surface area contributed by atoms with Crippen molar-refractivity contribution in [3.63, 3.8) is 0 Å². The van der Waals surface area contributed by atoms with Crippen LogP contribution in [0, 0.1) is 0 Å². The molecule has 78 valence electrons. The molecule has 1 aliphatic rings. The van der Waals surface area contributed by atoms with Crippen LogP contribution in [0.15, 0.2) is 0 Å². The van der Waals surface area contributed by atoms with Crippen molar-refractivity contribution in [2.24, 2.45) is 0 Å². The molecule has 13 heavy (non-hydrogen) atoms. The molecular weight excluding hydrogens is 168 g/mol. The van der Waals surface area contributed by atoms with Crippen molar-refractivity contribution in [2.75, 3.05) is 26.4 Å². The molecule has 1 rings (SSSR count). The molecule has 1 atom stereocenters. The third kappa shape index (κ3) is 4.07. The van der Waals surface area contributed by atoms with Gasteiger partial charge in [0.05, 0.1) is 25.9 Å². The predicted octanol–water partition coefficient (Wildman–Crippen LogP) is 1.61. The van der Waals surface area contributed by atoms with Gasteiger partial charge in [-0.05, 0) is 20.3 Å². The quantitative estimate of drug-likeness (QED) is 0.449. The third-order valence-corrected chi connectivity index (χ3v) is 1.95. The standard InChI is InChI=1S/C10H20O3/c1-4-5-11-6-10(8-13-10)7-12-9(2)3/h9H,4-8H2,1-3H3. The van der Waals surface area contributed by atoms with Gasteiger partial charge >= 0.3 is 0 Å². The summed E-state index contributed by atoms with van der Waals surface area (Å²) in [6, 6.07) is 0. The second-order valence-corrected chi connectivity index (χ2v) is 3.88. The monoisotopic (exact) mass is 188 g/mol. The largest absolute Gasteiger partial charge is 0.378 e. The van der Waals surface area contributed by atoms with Gasteiger partial charge in [0.15, 0.2) is 0 Å². The molecule has 0 N–H and O–H groups in total. The summed E-state index contributed by atoms with van der Waals surface area (Å²) >= 11 is 0. The molecule has 1 fully saturated rings. The Bertz CT molecular complexity index is 141. The minimum Gasteiger partial charge on any atom is -0.378 e. The van der Waals surface area contributed by atoms with Gasteiger partial charge in [0.2, 0.25) is 0 Å². The van der Waals surface area contributed by atoms with Gasteiger partial charge in [0.1, 0.15) is 5.60 Å². The highest BCUT2D eigenvalue weighted by Gasteiger charge is 2.45. The Morgan fingerprint density at radius 2 is 2.08 bits per heavy atom. The smallest absolute Gasteiger partial charge is 0.138 e. The van der Waals surface area contributed by atoms with Gasteiger partial charge in [-0.1, -0.05) is 6.92 Å². The summed E-state index contributed by atoms with van der Waals surface area (Å²) in [7, 11) is 0. The van der Waals surface area contributed by atoms with Crippen molar-refractivity contribution < 1.29 is 14.2 Å². The van der Waals surface area contributed by atoms with Crippen LogP contribution in [0.4, 0.5) is 0 Å². The van der Waals surface area contributed by atoms with Gasteiger partial charge in [0, 0.05) is 6.61 Å². The first-order valence-corrected chi connectivity index (χ1v) is 5.02. The van der Waals surface area contributed by atoms with E-state index in [0.717, 1.165) is 19.6 Å². The van der Waals surface area contributed by atoms with Crippen molar-refractivity contribution in [1.29, 1.82) is 0 Å². The lowest BCUT2D eigenvalue weighted by Gasteiger charge is -2.14. The first kappa shape index (κ1) is 11.0. The highest BCUT2D eigenvalue weighted by Crippen LogP contribution is 2.28. The number of epoxide rings is 1. The van der Waals surface area contributed by atoms with E-state index in [4.69, 9.17) is 14.2 Å².